The highest BCUT2D eigenvalue weighted by atomic mass is 16.1. The van der Waals surface area contributed by atoms with Crippen LogP contribution in [0.4, 0.5) is 5.69 Å². The van der Waals surface area contributed by atoms with Crippen LogP contribution < -0.4 is 10.6 Å². The Morgan fingerprint density at radius 3 is 2.93 bits per heavy atom. The molecule has 27 heavy (non-hydrogen) atoms. The molecule has 1 atom stereocenters. The van der Waals surface area contributed by atoms with Crippen LogP contribution in [-0.4, -0.2) is 29.4 Å². The molecular weight excluding hydrogens is 337 g/mol. The minimum atomic E-state index is -0.243. The molecule has 1 aromatic carbocycles. The summed E-state index contributed by atoms with van der Waals surface area (Å²) in [6, 6.07) is 11.6. The number of nitrogens with one attached hydrogen (secondary N) is 2. The van der Waals surface area contributed by atoms with Gasteiger partial charge in [-0.25, -0.2) is 5.26 Å². The van der Waals surface area contributed by atoms with Crippen molar-refractivity contribution < 1.29 is 4.79 Å². The average Bonchev–Trinajstić information content (AvgIpc) is 2.71. The number of aryl methyl sites for hydroxylation is 1. The van der Waals surface area contributed by atoms with Gasteiger partial charge in [-0.3, -0.25) is 4.79 Å². The largest absolute Gasteiger partial charge is 0.383 e. The van der Waals surface area contributed by atoms with E-state index in [1.807, 2.05) is 43.3 Å². The van der Waals surface area contributed by atoms with Crippen LogP contribution in [-0.2, 0) is 6.54 Å². The van der Waals surface area contributed by atoms with Gasteiger partial charge in [0.2, 0.25) is 0 Å². The number of hydrogen-bond donors (Lipinski definition) is 2. The fourth-order valence-electron chi connectivity index (χ4n) is 3.50. The van der Waals surface area contributed by atoms with E-state index in [0.717, 1.165) is 43.3 Å². The lowest BCUT2D eigenvalue weighted by Gasteiger charge is -2.24. The Morgan fingerprint density at radius 2 is 2.15 bits per heavy atom. The Hall–Kier alpha value is -2.88. The standard InChI is InChI=1S/C20H24BN5O/c1-15-10-18(23-13-17-8-5-9-21(11-17)14-22)19(26-25-15)20(27)24-12-16-6-3-2-4-7-16/h2-4,6-7,10,17H,5,8-9,11-13H2,1H3,(H,23,25)(H,24,27). The van der Waals surface area contributed by atoms with E-state index in [1.54, 1.807) is 0 Å². The van der Waals surface area contributed by atoms with Gasteiger partial charge in [-0.15, -0.1) is 5.10 Å². The van der Waals surface area contributed by atoms with Crippen molar-refractivity contribution in [3.05, 3.63) is 53.3 Å². The zero-order chi connectivity index (χ0) is 19.1. The predicted octanol–water partition coefficient (Wildman–Crippen LogP) is 3.09. The molecule has 3 rings (SSSR count). The quantitative estimate of drug-likeness (QED) is 0.772. The van der Waals surface area contributed by atoms with Crippen LogP contribution in [0.3, 0.4) is 0 Å². The smallest absolute Gasteiger partial charge is 0.274 e. The van der Waals surface area contributed by atoms with Gasteiger partial charge < -0.3 is 10.6 Å². The maximum Gasteiger partial charge on any atom is 0.274 e. The number of carbonyl (C=O) groups is 1. The van der Waals surface area contributed by atoms with Gasteiger partial charge >= 0.3 is 0 Å². The van der Waals surface area contributed by atoms with E-state index in [4.69, 9.17) is 5.26 Å². The molecule has 1 aromatic heterocycles. The second-order valence-corrected chi connectivity index (χ2v) is 7.16. The van der Waals surface area contributed by atoms with Gasteiger partial charge in [0.05, 0.1) is 11.4 Å². The molecule has 1 aliphatic rings. The number of carbonyl (C=O) groups excluding carboxylic acids is 1. The molecule has 0 aliphatic carbocycles. The van der Waals surface area contributed by atoms with Gasteiger partial charge in [0, 0.05) is 19.1 Å². The summed E-state index contributed by atoms with van der Waals surface area (Å²) < 4.78 is 0. The maximum absolute atomic E-state index is 12.6. The Kier molecular flexibility index (Phi) is 6.42. The van der Waals surface area contributed by atoms with Crippen molar-refractivity contribution in [3.8, 4) is 5.97 Å². The van der Waals surface area contributed by atoms with Gasteiger partial charge in [0.25, 0.3) is 12.6 Å². The van der Waals surface area contributed by atoms with Crippen LogP contribution in [0.15, 0.2) is 36.4 Å². The number of anilines is 1. The molecule has 1 saturated heterocycles. The van der Waals surface area contributed by atoms with Crippen molar-refractivity contribution in [2.24, 2.45) is 5.92 Å². The monoisotopic (exact) mass is 361 g/mol. The molecule has 0 saturated carbocycles. The summed E-state index contributed by atoms with van der Waals surface area (Å²) >= 11 is 0. The Bertz CT molecular complexity index is 821. The lowest BCUT2D eigenvalue weighted by Crippen LogP contribution is -2.28. The van der Waals surface area contributed by atoms with Crippen molar-refractivity contribution >= 4 is 18.3 Å². The highest BCUT2D eigenvalue weighted by Gasteiger charge is 2.25. The molecule has 1 fully saturated rings. The molecule has 7 heteroatoms. The van der Waals surface area contributed by atoms with Crippen LogP contribution in [0.25, 0.3) is 0 Å². The number of nitriles is 1. The zero-order valence-electron chi connectivity index (χ0n) is 15.6. The first-order chi connectivity index (χ1) is 13.2. The van der Waals surface area contributed by atoms with Gasteiger partial charge in [-0.2, -0.15) is 5.10 Å². The topological polar surface area (TPSA) is 90.7 Å². The molecule has 2 heterocycles. The lowest BCUT2D eigenvalue weighted by molar-refractivity contribution is 0.0945. The first kappa shape index (κ1) is 18.9. The second kappa shape index (κ2) is 9.18. The van der Waals surface area contributed by atoms with Crippen molar-refractivity contribution in [2.75, 3.05) is 11.9 Å². The molecule has 0 radical (unpaired) electrons. The molecule has 1 amide bonds. The van der Waals surface area contributed by atoms with Crippen LogP contribution in [0, 0.1) is 24.1 Å². The highest BCUT2D eigenvalue weighted by Crippen LogP contribution is 2.26. The van der Waals surface area contributed by atoms with Crippen LogP contribution in [0.2, 0.25) is 12.6 Å². The molecule has 138 valence electrons. The van der Waals surface area contributed by atoms with Gasteiger partial charge in [-0.1, -0.05) is 55.8 Å². The fraction of sp³-hybridized carbons (Fsp3) is 0.400. The molecule has 1 aliphatic heterocycles. The SMILES string of the molecule is Cc1cc(NCC2CCCB(C#N)C2)c(C(=O)NCc2ccccc2)nn1. The summed E-state index contributed by atoms with van der Waals surface area (Å²) in [6.45, 7) is 3.19. The summed E-state index contributed by atoms with van der Waals surface area (Å²) in [5, 5.41) is 23.6. The van der Waals surface area contributed by atoms with Crippen LogP contribution in [0.5, 0.6) is 0 Å². The second-order valence-electron chi connectivity index (χ2n) is 7.16. The minimum Gasteiger partial charge on any atom is -0.383 e. The normalized spacial score (nSPS) is 16.4. The van der Waals surface area contributed by atoms with Crippen molar-refractivity contribution in [1.82, 2.24) is 15.5 Å². The third-order valence-corrected chi connectivity index (χ3v) is 4.97. The average molecular weight is 361 g/mol. The summed E-state index contributed by atoms with van der Waals surface area (Å²) in [6.07, 6.45) is 4.10. The summed E-state index contributed by atoms with van der Waals surface area (Å²) in [5.41, 5.74) is 2.80. The zero-order valence-corrected chi connectivity index (χ0v) is 15.6. The van der Waals surface area contributed by atoms with Gasteiger partial charge in [-0.05, 0) is 24.5 Å². The summed E-state index contributed by atoms with van der Waals surface area (Å²) in [4.78, 5) is 12.6. The van der Waals surface area contributed by atoms with Crippen molar-refractivity contribution in [3.63, 3.8) is 0 Å². The fourth-order valence-corrected chi connectivity index (χ4v) is 3.50. The van der Waals surface area contributed by atoms with E-state index < -0.39 is 0 Å². The van der Waals surface area contributed by atoms with E-state index in [0.29, 0.717) is 23.8 Å². The molecule has 0 spiro atoms. The number of hydrogen-bond acceptors (Lipinski definition) is 5. The molecule has 1 unspecified atom stereocenters. The first-order valence-corrected chi connectivity index (χ1v) is 9.45. The predicted molar refractivity (Wildman–Crippen MR) is 107 cm³/mol. The third kappa shape index (κ3) is 5.30. The van der Waals surface area contributed by atoms with Gasteiger partial charge in [0.15, 0.2) is 5.69 Å². The first-order valence-electron chi connectivity index (χ1n) is 9.45. The number of aromatic nitrogens is 2. The third-order valence-electron chi connectivity index (χ3n) is 4.97. The Balaban J connectivity index is 1.64. The highest BCUT2D eigenvalue weighted by molar-refractivity contribution is 6.67. The Morgan fingerprint density at radius 1 is 1.33 bits per heavy atom. The van der Waals surface area contributed by atoms with E-state index in [9.17, 15) is 4.79 Å². The summed E-state index contributed by atoms with van der Waals surface area (Å²) in [7, 11) is 0. The number of benzene rings is 1. The number of amides is 1. The van der Waals surface area contributed by atoms with E-state index in [2.05, 4.69) is 26.8 Å². The van der Waals surface area contributed by atoms with Crippen LogP contribution >= 0.6 is 0 Å². The molecular formula is C20H24BN5O. The van der Waals surface area contributed by atoms with Crippen LogP contribution in [0.1, 0.15) is 34.6 Å². The lowest BCUT2D eigenvalue weighted by atomic mass is 9.41. The molecule has 0 bridgehead atoms. The molecule has 2 N–H and O–H groups in total. The van der Waals surface area contributed by atoms with Crippen molar-refractivity contribution in [2.45, 2.75) is 39.0 Å². The Labute approximate surface area is 160 Å². The molecule has 6 nitrogen and oxygen atoms in total. The minimum absolute atomic E-state index is 0.150. The molecule has 2 aromatic rings. The van der Waals surface area contributed by atoms with E-state index in [-0.39, 0.29) is 12.6 Å². The van der Waals surface area contributed by atoms with E-state index >= 15 is 0 Å². The van der Waals surface area contributed by atoms with Crippen molar-refractivity contribution in [1.29, 1.82) is 5.26 Å². The number of nitrogens with zero attached hydrogens (tertiary/aromatic N) is 3. The number of rotatable bonds is 6. The van der Waals surface area contributed by atoms with Gasteiger partial charge in [0.1, 0.15) is 0 Å². The summed E-state index contributed by atoms with van der Waals surface area (Å²) in [5.74, 6) is 2.59. The maximum atomic E-state index is 12.6. The van der Waals surface area contributed by atoms with E-state index in [1.165, 1.54) is 0 Å².